The largest absolute Gasteiger partial charge is 0.491 e. The minimum Gasteiger partial charge on any atom is -0.491 e. The van der Waals surface area contributed by atoms with Crippen molar-refractivity contribution in [2.45, 2.75) is 12.2 Å². The van der Waals surface area contributed by atoms with E-state index in [2.05, 4.69) is 0 Å². The van der Waals surface area contributed by atoms with Gasteiger partial charge in [0.05, 0.1) is 0 Å². The molecule has 0 heterocycles. The first-order valence-electron chi connectivity index (χ1n) is 5.77. The number of benzene rings is 1. The minimum atomic E-state index is -0.686. The number of aliphatic hydroxyl groups excluding tert-OH is 2. The number of nitrogens with two attached hydrogens (primary N) is 2. The van der Waals surface area contributed by atoms with Gasteiger partial charge < -0.3 is 31.2 Å². The normalized spacial score (nSPS) is 14.0. The monoisotopic (exact) mass is 256 g/mol. The number of hydrogen-bond acceptors (Lipinski definition) is 6. The molecule has 0 aliphatic heterocycles. The summed E-state index contributed by atoms with van der Waals surface area (Å²) in [5.74, 6) is 1.14. The Kier molecular flexibility index (Phi) is 6.45. The smallest absolute Gasteiger partial charge is 0.123 e. The van der Waals surface area contributed by atoms with Crippen LogP contribution in [-0.2, 0) is 0 Å². The molecule has 2 atom stereocenters. The molecule has 0 amide bonds. The van der Waals surface area contributed by atoms with Gasteiger partial charge in [0.2, 0.25) is 0 Å². The average molecular weight is 256 g/mol. The molecule has 0 saturated carbocycles. The molecule has 6 N–H and O–H groups in total. The lowest BCUT2D eigenvalue weighted by Crippen LogP contribution is -2.27. The van der Waals surface area contributed by atoms with Gasteiger partial charge >= 0.3 is 0 Å². The maximum atomic E-state index is 9.27. The van der Waals surface area contributed by atoms with E-state index in [1.54, 1.807) is 24.3 Å². The maximum absolute atomic E-state index is 9.27. The van der Waals surface area contributed by atoms with E-state index in [-0.39, 0.29) is 26.3 Å². The molecule has 0 saturated heterocycles. The van der Waals surface area contributed by atoms with Crippen molar-refractivity contribution in [2.24, 2.45) is 11.5 Å². The highest BCUT2D eigenvalue weighted by Gasteiger charge is 2.05. The Labute approximate surface area is 106 Å². The maximum Gasteiger partial charge on any atom is 0.123 e. The molecule has 0 radical (unpaired) electrons. The second kappa shape index (κ2) is 7.88. The zero-order valence-electron chi connectivity index (χ0n) is 10.2. The van der Waals surface area contributed by atoms with Gasteiger partial charge in [0.1, 0.15) is 36.9 Å². The van der Waals surface area contributed by atoms with Crippen LogP contribution < -0.4 is 20.9 Å². The Balaban J connectivity index is 2.46. The van der Waals surface area contributed by atoms with Crippen molar-refractivity contribution >= 4 is 0 Å². The summed E-state index contributed by atoms with van der Waals surface area (Å²) < 4.78 is 10.7. The summed E-state index contributed by atoms with van der Waals surface area (Å²) in [5.41, 5.74) is 10.5. The van der Waals surface area contributed by atoms with E-state index in [4.69, 9.17) is 20.9 Å². The lowest BCUT2D eigenvalue weighted by molar-refractivity contribution is 0.110. The molecule has 6 nitrogen and oxygen atoms in total. The highest BCUT2D eigenvalue weighted by molar-refractivity contribution is 5.32. The molecule has 0 aliphatic carbocycles. The highest BCUT2D eigenvalue weighted by Crippen LogP contribution is 2.19. The third kappa shape index (κ3) is 5.33. The zero-order valence-corrected chi connectivity index (χ0v) is 10.2. The summed E-state index contributed by atoms with van der Waals surface area (Å²) in [6.45, 7) is 0.564. The zero-order chi connectivity index (χ0) is 13.4. The summed E-state index contributed by atoms with van der Waals surface area (Å²) in [5, 5.41) is 18.5. The molecular formula is C12H20N2O4. The molecule has 6 heteroatoms. The molecule has 102 valence electrons. The predicted octanol–water partition coefficient (Wildman–Crippen LogP) is -0.917. The number of hydrogen-bond donors (Lipinski definition) is 4. The van der Waals surface area contributed by atoms with Gasteiger partial charge in [-0.1, -0.05) is 6.07 Å². The molecule has 0 aromatic heterocycles. The van der Waals surface area contributed by atoms with Gasteiger partial charge in [-0.25, -0.2) is 0 Å². The fraction of sp³-hybridized carbons (Fsp3) is 0.500. The topological polar surface area (TPSA) is 111 Å². The Morgan fingerprint density at radius 2 is 1.39 bits per heavy atom. The van der Waals surface area contributed by atoms with Crippen molar-refractivity contribution < 1.29 is 19.7 Å². The molecule has 0 bridgehead atoms. The van der Waals surface area contributed by atoms with E-state index in [0.29, 0.717) is 11.5 Å². The Morgan fingerprint density at radius 1 is 0.944 bits per heavy atom. The molecule has 18 heavy (non-hydrogen) atoms. The van der Waals surface area contributed by atoms with Crippen molar-refractivity contribution in [3.8, 4) is 11.5 Å². The molecule has 0 spiro atoms. The third-order valence-corrected chi connectivity index (χ3v) is 2.23. The van der Waals surface area contributed by atoms with E-state index in [1.807, 2.05) is 0 Å². The van der Waals surface area contributed by atoms with Gasteiger partial charge in [-0.3, -0.25) is 0 Å². The molecule has 0 unspecified atom stereocenters. The Bertz CT molecular complexity index is 319. The summed E-state index contributed by atoms with van der Waals surface area (Å²) >= 11 is 0. The lowest BCUT2D eigenvalue weighted by atomic mass is 10.3. The van der Waals surface area contributed by atoms with Gasteiger partial charge in [-0.2, -0.15) is 0 Å². The van der Waals surface area contributed by atoms with Crippen LogP contribution in [0.15, 0.2) is 24.3 Å². The van der Waals surface area contributed by atoms with Crippen molar-refractivity contribution in [3.05, 3.63) is 24.3 Å². The van der Waals surface area contributed by atoms with Crippen LogP contribution in [0, 0.1) is 0 Å². The summed E-state index contributed by atoms with van der Waals surface area (Å²) in [6, 6.07) is 6.92. The van der Waals surface area contributed by atoms with E-state index in [0.717, 1.165) is 0 Å². The first-order chi connectivity index (χ1) is 8.65. The van der Waals surface area contributed by atoms with Crippen LogP contribution >= 0.6 is 0 Å². The molecule has 0 fully saturated rings. The van der Waals surface area contributed by atoms with Crippen molar-refractivity contribution in [1.82, 2.24) is 0 Å². The van der Waals surface area contributed by atoms with Crippen LogP contribution in [0.25, 0.3) is 0 Å². The second-order valence-corrected chi connectivity index (χ2v) is 3.88. The standard InChI is InChI=1S/C12H20N2O4/c13-5-9(15)7-17-11-2-1-3-12(4-11)18-8-10(16)6-14/h1-4,9-10,15-16H,5-8,13-14H2/t9-,10+. The van der Waals surface area contributed by atoms with Gasteiger partial charge in [0.15, 0.2) is 0 Å². The predicted molar refractivity (Wildman–Crippen MR) is 67.6 cm³/mol. The molecule has 1 aromatic rings. The highest BCUT2D eigenvalue weighted by atomic mass is 16.5. The minimum absolute atomic E-state index is 0.130. The lowest BCUT2D eigenvalue weighted by Gasteiger charge is -2.13. The van der Waals surface area contributed by atoms with Crippen molar-refractivity contribution in [1.29, 1.82) is 0 Å². The van der Waals surface area contributed by atoms with Crippen LogP contribution in [0.4, 0.5) is 0 Å². The first-order valence-corrected chi connectivity index (χ1v) is 5.77. The van der Waals surface area contributed by atoms with Crippen LogP contribution in [0.2, 0.25) is 0 Å². The summed E-state index contributed by atoms with van der Waals surface area (Å²) in [7, 11) is 0. The van der Waals surface area contributed by atoms with Gasteiger partial charge in [0, 0.05) is 19.2 Å². The van der Waals surface area contributed by atoms with E-state index >= 15 is 0 Å². The van der Waals surface area contributed by atoms with Gasteiger partial charge in [-0.15, -0.1) is 0 Å². The van der Waals surface area contributed by atoms with Gasteiger partial charge in [-0.05, 0) is 12.1 Å². The van der Waals surface area contributed by atoms with Crippen molar-refractivity contribution in [2.75, 3.05) is 26.3 Å². The van der Waals surface area contributed by atoms with Gasteiger partial charge in [0.25, 0.3) is 0 Å². The van der Waals surface area contributed by atoms with E-state index in [1.165, 1.54) is 0 Å². The second-order valence-electron chi connectivity index (χ2n) is 3.88. The quantitative estimate of drug-likeness (QED) is 0.479. The van der Waals surface area contributed by atoms with Crippen LogP contribution in [0.3, 0.4) is 0 Å². The number of ether oxygens (including phenoxy) is 2. The molecule has 1 rings (SSSR count). The third-order valence-electron chi connectivity index (χ3n) is 2.23. The van der Waals surface area contributed by atoms with E-state index in [9.17, 15) is 10.2 Å². The van der Waals surface area contributed by atoms with Crippen LogP contribution in [-0.4, -0.2) is 48.7 Å². The fourth-order valence-corrected chi connectivity index (χ4v) is 1.17. The Morgan fingerprint density at radius 3 is 1.78 bits per heavy atom. The van der Waals surface area contributed by atoms with Crippen LogP contribution in [0.5, 0.6) is 11.5 Å². The Hall–Kier alpha value is -1.34. The molecule has 1 aromatic carbocycles. The van der Waals surface area contributed by atoms with Crippen molar-refractivity contribution in [3.63, 3.8) is 0 Å². The number of aliphatic hydroxyl groups is 2. The van der Waals surface area contributed by atoms with E-state index < -0.39 is 12.2 Å². The molecular weight excluding hydrogens is 236 g/mol. The SMILES string of the molecule is NC[C@@H](O)COc1cccc(OC[C@@H](O)CN)c1. The van der Waals surface area contributed by atoms with Crippen LogP contribution in [0.1, 0.15) is 0 Å². The molecule has 0 aliphatic rings. The average Bonchev–Trinajstić information content (AvgIpc) is 2.42. The first kappa shape index (κ1) is 14.7. The summed E-state index contributed by atoms with van der Waals surface area (Å²) in [6.07, 6.45) is -1.37. The summed E-state index contributed by atoms with van der Waals surface area (Å²) in [4.78, 5) is 0. The number of rotatable bonds is 8. The fourth-order valence-electron chi connectivity index (χ4n) is 1.17.